The molecule has 1 N–H and O–H groups in total. The van der Waals surface area contributed by atoms with Crippen LogP contribution in [-0.4, -0.2) is 68.3 Å². The molecule has 164 valence electrons. The topological polar surface area (TPSA) is 38.8 Å². The smallest absolute Gasteiger partial charge is 0.317 e. The lowest BCUT2D eigenvalue weighted by Crippen LogP contribution is -2.40. The first-order valence-electron chi connectivity index (χ1n) is 11.4. The molecule has 29 heavy (non-hydrogen) atoms. The Hall–Kier alpha value is -1.56. The highest BCUT2D eigenvalue weighted by molar-refractivity contribution is 7.99. The molecule has 0 aliphatic carbocycles. The van der Waals surface area contributed by atoms with Gasteiger partial charge in [0.2, 0.25) is 0 Å². The number of benzene rings is 1. The third kappa shape index (κ3) is 5.97. The van der Waals surface area contributed by atoms with Gasteiger partial charge in [-0.2, -0.15) is 11.8 Å². The van der Waals surface area contributed by atoms with Crippen molar-refractivity contribution < 1.29 is 4.79 Å². The van der Waals surface area contributed by atoms with Gasteiger partial charge in [0.1, 0.15) is 0 Å². The molecule has 5 nitrogen and oxygen atoms in total. The van der Waals surface area contributed by atoms with Gasteiger partial charge in [-0.25, -0.2) is 4.79 Å². The van der Waals surface area contributed by atoms with Crippen LogP contribution in [0.15, 0.2) is 24.3 Å². The SMILES string of the molecule is CC.CC.CCNC(=O)N1C[C@@H]2CN(c3ccc(N4CCSCC4)cc3)C[C@@H]2C1. The van der Waals surface area contributed by atoms with Crippen LogP contribution in [0.3, 0.4) is 0 Å². The van der Waals surface area contributed by atoms with Gasteiger partial charge >= 0.3 is 6.03 Å². The van der Waals surface area contributed by atoms with Gasteiger partial charge in [0.05, 0.1) is 0 Å². The predicted octanol–water partition coefficient (Wildman–Crippen LogP) is 4.39. The molecule has 1 aromatic rings. The first-order chi connectivity index (χ1) is 14.2. The number of carbonyl (C=O) groups excluding carboxylic acids is 1. The highest BCUT2D eigenvalue weighted by Gasteiger charge is 2.41. The van der Waals surface area contributed by atoms with E-state index in [2.05, 4.69) is 39.4 Å². The van der Waals surface area contributed by atoms with Crippen LogP contribution in [0.1, 0.15) is 34.6 Å². The van der Waals surface area contributed by atoms with Crippen LogP contribution in [0.2, 0.25) is 0 Å². The second-order valence-corrected chi connectivity index (χ2v) is 8.51. The maximum Gasteiger partial charge on any atom is 0.317 e. The second-order valence-electron chi connectivity index (χ2n) is 7.28. The minimum Gasteiger partial charge on any atom is -0.371 e. The van der Waals surface area contributed by atoms with E-state index in [0.717, 1.165) is 39.3 Å². The van der Waals surface area contributed by atoms with Gasteiger partial charge in [-0.05, 0) is 31.2 Å². The Bertz CT molecular complexity index is 589. The summed E-state index contributed by atoms with van der Waals surface area (Å²) in [6.07, 6.45) is 0. The molecule has 3 fully saturated rings. The van der Waals surface area contributed by atoms with E-state index in [9.17, 15) is 4.79 Å². The van der Waals surface area contributed by atoms with E-state index in [0.29, 0.717) is 18.4 Å². The third-order valence-corrected chi connectivity index (χ3v) is 6.64. The minimum absolute atomic E-state index is 0.104. The summed E-state index contributed by atoms with van der Waals surface area (Å²) < 4.78 is 0. The molecule has 6 heteroatoms. The lowest BCUT2D eigenvalue weighted by molar-refractivity contribution is 0.206. The van der Waals surface area contributed by atoms with E-state index in [1.54, 1.807) is 0 Å². The van der Waals surface area contributed by atoms with Gasteiger partial charge < -0.3 is 20.0 Å². The quantitative estimate of drug-likeness (QED) is 0.787. The van der Waals surface area contributed by atoms with E-state index in [-0.39, 0.29) is 6.03 Å². The van der Waals surface area contributed by atoms with Gasteiger partial charge in [0, 0.05) is 80.5 Å². The minimum atomic E-state index is 0.104. The number of hydrogen-bond donors (Lipinski definition) is 1. The number of urea groups is 1. The van der Waals surface area contributed by atoms with Crippen molar-refractivity contribution in [2.75, 3.05) is 67.1 Å². The monoisotopic (exact) mass is 420 g/mol. The van der Waals surface area contributed by atoms with Crippen LogP contribution < -0.4 is 15.1 Å². The Kier molecular flexibility index (Phi) is 9.98. The van der Waals surface area contributed by atoms with Crippen molar-refractivity contribution in [2.24, 2.45) is 11.8 Å². The summed E-state index contributed by atoms with van der Waals surface area (Å²) in [6.45, 7) is 16.9. The van der Waals surface area contributed by atoms with E-state index in [1.807, 2.05) is 51.3 Å². The largest absolute Gasteiger partial charge is 0.371 e. The highest BCUT2D eigenvalue weighted by Crippen LogP contribution is 2.34. The molecule has 2 amide bonds. The number of anilines is 2. The lowest BCUT2D eigenvalue weighted by atomic mass is 10.0. The maximum absolute atomic E-state index is 12.0. The Balaban J connectivity index is 0.000000707. The van der Waals surface area contributed by atoms with E-state index in [4.69, 9.17) is 0 Å². The molecule has 0 saturated carbocycles. The number of rotatable bonds is 3. The molecule has 1 aromatic carbocycles. The number of fused-ring (bicyclic) bond motifs is 1. The number of amides is 2. The normalized spacial score (nSPS) is 22.9. The van der Waals surface area contributed by atoms with Crippen molar-refractivity contribution in [3.05, 3.63) is 24.3 Å². The Morgan fingerprint density at radius 1 is 0.897 bits per heavy atom. The van der Waals surface area contributed by atoms with Gasteiger partial charge in [-0.3, -0.25) is 0 Å². The molecule has 3 aliphatic rings. The molecule has 0 unspecified atom stereocenters. The summed E-state index contributed by atoms with van der Waals surface area (Å²) >= 11 is 2.05. The molecule has 2 atom stereocenters. The summed E-state index contributed by atoms with van der Waals surface area (Å²) in [4.78, 5) is 19.0. The summed E-state index contributed by atoms with van der Waals surface area (Å²) in [6, 6.07) is 9.22. The molecule has 0 aromatic heterocycles. The summed E-state index contributed by atoms with van der Waals surface area (Å²) in [7, 11) is 0. The van der Waals surface area contributed by atoms with Crippen LogP contribution in [0.25, 0.3) is 0 Å². The fourth-order valence-electron chi connectivity index (χ4n) is 4.33. The van der Waals surface area contributed by atoms with Crippen LogP contribution in [0, 0.1) is 11.8 Å². The molecule has 3 heterocycles. The fourth-order valence-corrected chi connectivity index (χ4v) is 5.23. The molecule has 0 bridgehead atoms. The maximum atomic E-state index is 12.0. The van der Waals surface area contributed by atoms with Crippen LogP contribution in [0.5, 0.6) is 0 Å². The zero-order valence-electron chi connectivity index (χ0n) is 19.0. The number of hydrogen-bond acceptors (Lipinski definition) is 4. The summed E-state index contributed by atoms with van der Waals surface area (Å²) in [5, 5.41) is 2.92. The van der Waals surface area contributed by atoms with E-state index < -0.39 is 0 Å². The van der Waals surface area contributed by atoms with Gasteiger partial charge in [-0.1, -0.05) is 27.7 Å². The van der Waals surface area contributed by atoms with Crippen LogP contribution in [0.4, 0.5) is 16.2 Å². The Labute approximate surface area is 182 Å². The number of nitrogens with one attached hydrogen (secondary N) is 1. The third-order valence-electron chi connectivity index (χ3n) is 5.69. The summed E-state index contributed by atoms with van der Waals surface area (Å²) in [5.74, 6) is 3.70. The van der Waals surface area contributed by atoms with E-state index in [1.165, 1.54) is 22.9 Å². The van der Waals surface area contributed by atoms with Crippen molar-refractivity contribution in [1.29, 1.82) is 0 Å². The number of likely N-dealkylation sites (tertiary alicyclic amines) is 1. The molecular weight excluding hydrogens is 380 g/mol. The molecule has 4 rings (SSSR count). The zero-order chi connectivity index (χ0) is 21.2. The number of thioether (sulfide) groups is 1. The van der Waals surface area contributed by atoms with E-state index >= 15 is 0 Å². The first kappa shape index (κ1) is 23.7. The predicted molar refractivity (Wildman–Crippen MR) is 129 cm³/mol. The number of nitrogens with zero attached hydrogens (tertiary/aromatic N) is 3. The zero-order valence-corrected chi connectivity index (χ0v) is 19.8. The molecular formula is C23H40N4OS. The fraction of sp³-hybridized carbons (Fsp3) is 0.696. The average Bonchev–Trinajstić information content (AvgIpc) is 3.37. The van der Waals surface area contributed by atoms with Gasteiger partial charge in [0.15, 0.2) is 0 Å². The lowest BCUT2D eigenvalue weighted by Gasteiger charge is -2.29. The van der Waals surface area contributed by atoms with Crippen molar-refractivity contribution in [2.45, 2.75) is 34.6 Å². The van der Waals surface area contributed by atoms with Crippen LogP contribution in [-0.2, 0) is 0 Å². The molecule has 3 saturated heterocycles. The average molecular weight is 421 g/mol. The Morgan fingerprint density at radius 2 is 1.38 bits per heavy atom. The van der Waals surface area contributed by atoms with Gasteiger partial charge in [-0.15, -0.1) is 0 Å². The van der Waals surface area contributed by atoms with Gasteiger partial charge in [0.25, 0.3) is 0 Å². The van der Waals surface area contributed by atoms with Crippen LogP contribution >= 0.6 is 11.8 Å². The Morgan fingerprint density at radius 3 is 1.86 bits per heavy atom. The molecule has 0 radical (unpaired) electrons. The van der Waals surface area contributed by atoms with Crippen molar-refractivity contribution in [3.63, 3.8) is 0 Å². The summed E-state index contributed by atoms with van der Waals surface area (Å²) in [5.41, 5.74) is 2.68. The van der Waals surface area contributed by atoms with Crippen molar-refractivity contribution >= 4 is 29.2 Å². The highest BCUT2D eigenvalue weighted by atomic mass is 32.2. The molecule has 3 aliphatic heterocycles. The second kappa shape index (κ2) is 12.2. The molecule has 0 spiro atoms. The number of carbonyl (C=O) groups is 1. The van der Waals surface area contributed by atoms with Crippen molar-refractivity contribution in [3.8, 4) is 0 Å². The first-order valence-corrected chi connectivity index (χ1v) is 12.6. The standard InChI is InChI=1S/C19H28N4OS.2C2H6/c1-2-20-19(24)23-13-15-11-22(12-16(15)14-23)18-5-3-17(4-6-18)21-7-9-25-10-8-21;2*1-2/h3-6,15-16H,2,7-14H2,1H3,(H,20,24);2*1-2H3/t15-,16+;;. The van der Waals surface area contributed by atoms with Crippen molar-refractivity contribution in [1.82, 2.24) is 10.2 Å².